The predicted octanol–water partition coefficient (Wildman–Crippen LogP) is 2.26. The summed E-state index contributed by atoms with van der Waals surface area (Å²) in [7, 11) is 1.56. The summed E-state index contributed by atoms with van der Waals surface area (Å²) >= 11 is 3.51. The first-order chi connectivity index (χ1) is 10.2. The van der Waals surface area contributed by atoms with Crippen LogP contribution in [0.15, 0.2) is 21.7 Å². The summed E-state index contributed by atoms with van der Waals surface area (Å²) in [6, 6.07) is 4.23. The molecule has 4 heterocycles. The first-order valence-electron chi connectivity index (χ1n) is 7.33. The molecule has 0 amide bonds. The third-order valence-corrected chi connectivity index (χ3v) is 5.79. The number of halogens is 1. The number of benzene rings is 1. The molecule has 1 aromatic carbocycles. The lowest BCUT2D eigenvalue weighted by Gasteiger charge is -2.45. The lowest BCUT2D eigenvalue weighted by Crippen LogP contribution is -2.56. The highest BCUT2D eigenvalue weighted by molar-refractivity contribution is 9.10. The molecule has 2 bridgehead atoms. The summed E-state index contributed by atoms with van der Waals surface area (Å²) in [5, 5.41) is 14.8. The van der Waals surface area contributed by atoms with Crippen LogP contribution in [-0.4, -0.2) is 42.0 Å². The minimum Gasteiger partial charge on any atom is -0.503 e. The lowest BCUT2D eigenvalue weighted by molar-refractivity contribution is 0.133. The standard InChI is InChI=1S/C15H18BrN3O2/c1-21-10-3-2-9(11(16)15(10)20)13-14-12(17-18-13)8-4-6-19(14)7-5-8/h2-3,8,13-14,18,20H,4-7H2,1H3. The summed E-state index contributed by atoms with van der Waals surface area (Å²) in [6.07, 6.45) is 2.44. The molecule has 0 aromatic heterocycles. The van der Waals surface area contributed by atoms with Gasteiger partial charge in [0.1, 0.15) is 0 Å². The molecule has 3 saturated heterocycles. The topological polar surface area (TPSA) is 57.1 Å². The van der Waals surface area contributed by atoms with Gasteiger partial charge in [0.25, 0.3) is 0 Å². The highest BCUT2D eigenvalue weighted by Gasteiger charge is 2.47. The van der Waals surface area contributed by atoms with E-state index in [9.17, 15) is 5.11 Å². The SMILES string of the molecule is COc1ccc(C2NN=C3C4CCN(CC4)C32)c(Br)c1O. The number of aromatic hydroxyl groups is 1. The third kappa shape index (κ3) is 1.89. The van der Waals surface area contributed by atoms with Crippen molar-refractivity contribution < 1.29 is 9.84 Å². The number of hydrogen-bond acceptors (Lipinski definition) is 5. The van der Waals surface area contributed by atoms with Gasteiger partial charge in [-0.05, 0) is 53.5 Å². The van der Waals surface area contributed by atoms with Crippen LogP contribution < -0.4 is 10.2 Å². The van der Waals surface area contributed by atoms with Crippen molar-refractivity contribution in [1.82, 2.24) is 10.3 Å². The van der Waals surface area contributed by atoms with Crippen molar-refractivity contribution >= 4 is 21.6 Å². The molecule has 4 aliphatic rings. The van der Waals surface area contributed by atoms with Gasteiger partial charge < -0.3 is 15.3 Å². The van der Waals surface area contributed by atoms with Gasteiger partial charge in [0.15, 0.2) is 11.5 Å². The van der Waals surface area contributed by atoms with Crippen LogP contribution in [0.2, 0.25) is 0 Å². The highest BCUT2D eigenvalue weighted by Crippen LogP contribution is 2.44. The van der Waals surface area contributed by atoms with E-state index in [-0.39, 0.29) is 11.8 Å². The number of nitrogens with one attached hydrogen (secondary N) is 1. The maximum absolute atomic E-state index is 10.2. The first kappa shape index (κ1) is 13.4. The Morgan fingerprint density at radius 3 is 2.86 bits per heavy atom. The molecule has 3 fully saturated rings. The maximum atomic E-state index is 10.2. The number of piperidine rings is 3. The lowest BCUT2D eigenvalue weighted by atomic mass is 9.78. The van der Waals surface area contributed by atoms with Crippen LogP contribution in [0.25, 0.3) is 0 Å². The van der Waals surface area contributed by atoms with Crippen LogP contribution in [0.3, 0.4) is 0 Å². The van der Waals surface area contributed by atoms with Gasteiger partial charge >= 0.3 is 0 Å². The van der Waals surface area contributed by atoms with E-state index in [1.165, 1.54) is 18.6 Å². The van der Waals surface area contributed by atoms with Gasteiger partial charge in [-0.1, -0.05) is 6.07 Å². The second-order valence-corrected chi connectivity index (χ2v) is 6.71. The van der Waals surface area contributed by atoms with Gasteiger partial charge in [0.2, 0.25) is 0 Å². The fraction of sp³-hybridized carbons (Fsp3) is 0.533. The van der Waals surface area contributed by atoms with Crippen LogP contribution in [0.1, 0.15) is 24.4 Å². The number of fused-ring (bicyclic) bond motifs is 2. The minimum atomic E-state index is 0.0919. The molecule has 0 radical (unpaired) electrons. The van der Waals surface area contributed by atoms with Crippen LogP contribution in [0, 0.1) is 5.92 Å². The van der Waals surface area contributed by atoms with Gasteiger partial charge in [0.05, 0.1) is 29.4 Å². The Balaban J connectivity index is 1.71. The van der Waals surface area contributed by atoms with Gasteiger partial charge in [0, 0.05) is 5.92 Å². The summed E-state index contributed by atoms with van der Waals surface area (Å²) < 4.78 is 5.85. The summed E-state index contributed by atoms with van der Waals surface area (Å²) in [5.74, 6) is 1.26. The van der Waals surface area contributed by atoms with E-state index in [1.54, 1.807) is 7.11 Å². The van der Waals surface area contributed by atoms with E-state index in [2.05, 4.69) is 31.4 Å². The number of methoxy groups -OCH3 is 1. The Labute approximate surface area is 132 Å². The second kappa shape index (κ2) is 4.88. The Hall–Kier alpha value is -1.27. The fourth-order valence-corrected chi connectivity index (χ4v) is 4.44. The van der Waals surface area contributed by atoms with Crippen LogP contribution in [0.4, 0.5) is 0 Å². The van der Waals surface area contributed by atoms with Crippen molar-refractivity contribution in [2.45, 2.75) is 24.9 Å². The number of phenolic OH excluding ortho intramolecular Hbond substituents is 1. The third-order valence-electron chi connectivity index (χ3n) is 4.96. The number of hydrazone groups is 1. The van der Waals surface area contributed by atoms with Crippen LogP contribution >= 0.6 is 15.9 Å². The molecular weight excluding hydrogens is 334 g/mol. The molecule has 0 saturated carbocycles. The molecule has 0 aliphatic carbocycles. The summed E-state index contributed by atoms with van der Waals surface area (Å²) in [5.41, 5.74) is 5.61. The molecule has 1 aromatic rings. The highest BCUT2D eigenvalue weighted by atomic mass is 79.9. The van der Waals surface area contributed by atoms with E-state index in [4.69, 9.17) is 4.74 Å². The Kier molecular flexibility index (Phi) is 3.11. The quantitative estimate of drug-likeness (QED) is 0.857. The number of nitrogens with zero attached hydrogens (tertiary/aromatic N) is 2. The van der Waals surface area contributed by atoms with Crippen molar-refractivity contribution in [3.63, 3.8) is 0 Å². The number of phenols is 1. The normalized spacial score (nSPS) is 33.3. The van der Waals surface area contributed by atoms with Crippen molar-refractivity contribution in [2.24, 2.45) is 11.0 Å². The number of ether oxygens (including phenoxy) is 1. The van der Waals surface area contributed by atoms with E-state index < -0.39 is 0 Å². The van der Waals surface area contributed by atoms with E-state index >= 15 is 0 Å². The average Bonchev–Trinajstić information content (AvgIpc) is 2.98. The van der Waals surface area contributed by atoms with E-state index in [0.717, 1.165) is 18.7 Å². The van der Waals surface area contributed by atoms with Crippen molar-refractivity contribution in [3.8, 4) is 11.5 Å². The van der Waals surface area contributed by atoms with Crippen molar-refractivity contribution in [3.05, 3.63) is 22.2 Å². The predicted molar refractivity (Wildman–Crippen MR) is 83.8 cm³/mol. The summed E-state index contributed by atoms with van der Waals surface area (Å²) in [4.78, 5) is 2.51. The van der Waals surface area contributed by atoms with Gasteiger partial charge in [-0.2, -0.15) is 5.10 Å². The largest absolute Gasteiger partial charge is 0.503 e. The molecule has 6 heteroatoms. The molecule has 112 valence electrons. The molecule has 5 nitrogen and oxygen atoms in total. The van der Waals surface area contributed by atoms with Gasteiger partial charge in [-0.25, -0.2) is 0 Å². The minimum absolute atomic E-state index is 0.0919. The van der Waals surface area contributed by atoms with Crippen molar-refractivity contribution in [2.75, 3.05) is 20.2 Å². The van der Waals surface area contributed by atoms with Crippen LogP contribution in [0.5, 0.6) is 11.5 Å². The Morgan fingerprint density at radius 2 is 2.14 bits per heavy atom. The Morgan fingerprint density at radius 1 is 1.38 bits per heavy atom. The second-order valence-electron chi connectivity index (χ2n) is 5.92. The summed E-state index contributed by atoms with van der Waals surface area (Å²) in [6.45, 7) is 2.29. The zero-order chi connectivity index (χ0) is 14.6. The van der Waals surface area contributed by atoms with Gasteiger partial charge in [-0.3, -0.25) is 4.90 Å². The Bertz CT molecular complexity index is 611. The molecule has 2 atom stereocenters. The molecule has 2 N–H and O–H groups in total. The molecule has 4 aliphatic heterocycles. The molecular formula is C15H18BrN3O2. The first-order valence-corrected chi connectivity index (χ1v) is 8.12. The molecule has 0 spiro atoms. The van der Waals surface area contributed by atoms with Gasteiger partial charge in [-0.15, -0.1) is 0 Å². The average molecular weight is 352 g/mol. The fourth-order valence-electron chi connectivity index (χ4n) is 3.86. The van der Waals surface area contributed by atoms with E-state index in [0.29, 0.717) is 22.2 Å². The number of rotatable bonds is 2. The monoisotopic (exact) mass is 351 g/mol. The smallest absolute Gasteiger partial charge is 0.172 e. The molecule has 21 heavy (non-hydrogen) atoms. The number of hydrogen-bond donors (Lipinski definition) is 2. The molecule has 5 rings (SSSR count). The zero-order valence-corrected chi connectivity index (χ0v) is 13.4. The zero-order valence-electron chi connectivity index (χ0n) is 11.8. The van der Waals surface area contributed by atoms with Crippen molar-refractivity contribution in [1.29, 1.82) is 0 Å². The molecule has 2 unspecified atom stereocenters. The van der Waals surface area contributed by atoms with Crippen LogP contribution in [-0.2, 0) is 0 Å². The van der Waals surface area contributed by atoms with E-state index in [1.807, 2.05) is 12.1 Å². The maximum Gasteiger partial charge on any atom is 0.172 e.